The van der Waals surface area contributed by atoms with Crippen LogP contribution < -0.4 is 24.6 Å². The Morgan fingerprint density at radius 1 is 0.920 bits per heavy atom. The van der Waals surface area contributed by atoms with Crippen LogP contribution in [0, 0.1) is 6.07 Å². The molecule has 2 heterocycles. The number of aliphatic hydroxyl groups is 1. The second-order valence-electron chi connectivity index (χ2n) is 2.75. The van der Waals surface area contributed by atoms with Gasteiger partial charge < -0.3 is 10.8 Å². The van der Waals surface area contributed by atoms with Gasteiger partial charge in [0.25, 0.3) is 0 Å². The van der Waals surface area contributed by atoms with E-state index in [-0.39, 0.29) is 31.2 Å². The molecule has 0 amide bonds. The number of aromatic nitrogens is 2. The molecule has 25 heavy (non-hydrogen) atoms. The summed E-state index contributed by atoms with van der Waals surface area (Å²) < 4.78 is 0. The fraction of sp³-hybridized carbons (Fsp3) is 0.0769. The average Bonchev–Trinajstić information content (AvgIpc) is 2.51. The molecular weight excluding hydrogens is 391 g/mol. The van der Waals surface area contributed by atoms with E-state index in [0.717, 1.165) is 7.11 Å². The molecule has 0 fully saturated rings. The number of carbonyl (C=O) groups excluding carboxylic acids is 4. The number of nitrogens with two attached hydrogens (primary N) is 1. The summed E-state index contributed by atoms with van der Waals surface area (Å²) in [4.78, 5) is 39.9. The number of rotatable bonds is 0. The van der Waals surface area contributed by atoms with E-state index in [2.05, 4.69) is 16.0 Å². The van der Waals surface area contributed by atoms with E-state index < -0.39 is 0 Å². The van der Waals surface area contributed by atoms with Gasteiger partial charge in [-0.2, -0.15) is 25.2 Å². The summed E-state index contributed by atoms with van der Waals surface area (Å²) >= 11 is 16.3. The Morgan fingerprint density at radius 3 is 1.48 bits per heavy atom. The predicted octanol–water partition coefficient (Wildman–Crippen LogP) is -1.05. The zero-order valence-electron chi connectivity index (χ0n) is 13.1. The first-order valence-electron chi connectivity index (χ1n) is 5.42. The molecule has 0 radical (unpaired) electrons. The van der Waals surface area contributed by atoms with Gasteiger partial charge in [-0.05, 0) is 12.1 Å². The van der Waals surface area contributed by atoms with E-state index in [1.54, 1.807) is 30.3 Å². The molecule has 0 aliphatic heterocycles. The van der Waals surface area contributed by atoms with Crippen LogP contribution in [0.5, 0.6) is 0 Å². The molecule has 0 aliphatic rings. The first kappa shape index (κ1) is 31.1. The molecule has 0 saturated carbocycles. The van der Waals surface area contributed by atoms with Crippen molar-refractivity contribution in [1.29, 1.82) is 0 Å². The Hall–Kier alpha value is -1.71. The van der Waals surface area contributed by atoms with Crippen LogP contribution in [0.3, 0.4) is 0 Å². The molecule has 0 bridgehead atoms. The summed E-state index contributed by atoms with van der Waals surface area (Å²) in [5.74, 6) is 0.331. The van der Waals surface area contributed by atoms with Crippen LogP contribution >= 0.6 is 34.8 Å². The summed E-state index contributed by atoms with van der Waals surface area (Å²) in [6, 6.07) is 11.0. The second-order valence-corrected chi connectivity index (χ2v) is 3.91. The fourth-order valence-corrected chi connectivity index (χ4v) is 1.29. The molecule has 12 heteroatoms. The van der Waals surface area contributed by atoms with Gasteiger partial charge in [0.1, 0.15) is 10.3 Å². The number of anilines is 1. The van der Waals surface area contributed by atoms with Gasteiger partial charge in [0.15, 0.2) is 0 Å². The number of nitrogen functional groups attached to an aromatic ring is 1. The Balaban J connectivity index is -0.000000122. The zero-order valence-corrected chi connectivity index (χ0v) is 15.3. The van der Waals surface area contributed by atoms with Crippen LogP contribution in [0.2, 0.25) is 15.5 Å². The van der Waals surface area contributed by atoms with Crippen molar-refractivity contribution in [1.82, 2.24) is 9.97 Å². The standard InChI is InChI=1S/C5H3Cl2N.C5H4ClN2.2CO2.CH4O.Li/c2*6-4-2-1-3-5(7)8-4;2*2-1-3;1-2;/h1-3H;1-2H,(H2,7,8);;;2H,1H3;/q;-1;;;;+1. The second kappa shape index (κ2) is 24.5. The van der Waals surface area contributed by atoms with Crippen molar-refractivity contribution in [3.63, 3.8) is 0 Å². The summed E-state index contributed by atoms with van der Waals surface area (Å²) in [5, 5.41) is 8.26. The topological polar surface area (TPSA) is 140 Å². The number of pyridine rings is 2. The van der Waals surface area contributed by atoms with Gasteiger partial charge in [-0.15, -0.1) is 0 Å². The number of nitrogens with zero attached hydrogens (tertiary/aromatic N) is 2. The maximum atomic E-state index is 8.12. The van der Waals surface area contributed by atoms with Crippen LogP contribution in [0.1, 0.15) is 0 Å². The number of hydrogen-bond acceptors (Lipinski definition) is 8. The molecular formula is C13H11Cl3LiN3O5. The number of aliphatic hydroxyl groups excluding tert-OH is 1. The van der Waals surface area contributed by atoms with Crippen LogP contribution in [0.4, 0.5) is 5.82 Å². The van der Waals surface area contributed by atoms with Crippen LogP contribution in [-0.4, -0.2) is 34.5 Å². The number of halogens is 3. The quantitative estimate of drug-likeness (QED) is 0.323. The van der Waals surface area contributed by atoms with Crippen molar-refractivity contribution in [3.05, 3.63) is 51.9 Å². The maximum absolute atomic E-state index is 8.12. The Labute approximate surface area is 170 Å². The largest absolute Gasteiger partial charge is 1.00 e. The minimum absolute atomic E-state index is 0. The summed E-state index contributed by atoms with van der Waals surface area (Å²) in [7, 11) is 1.00. The van der Waals surface area contributed by atoms with Crippen molar-refractivity contribution in [2.24, 2.45) is 0 Å². The first-order valence-corrected chi connectivity index (χ1v) is 6.55. The van der Waals surface area contributed by atoms with Gasteiger partial charge in [0.2, 0.25) is 0 Å². The van der Waals surface area contributed by atoms with Crippen LogP contribution in [0.15, 0.2) is 30.3 Å². The summed E-state index contributed by atoms with van der Waals surface area (Å²) in [5.41, 5.74) is 5.21. The average molecular weight is 403 g/mol. The molecule has 2 aromatic rings. The molecule has 2 aromatic heterocycles. The predicted molar refractivity (Wildman–Crippen MR) is 84.9 cm³/mol. The molecule has 0 spiro atoms. The smallest absolute Gasteiger partial charge is 0.400 e. The minimum atomic E-state index is 0. The molecule has 3 N–H and O–H groups in total. The van der Waals surface area contributed by atoms with E-state index >= 15 is 0 Å². The van der Waals surface area contributed by atoms with Gasteiger partial charge in [0, 0.05) is 18.1 Å². The third-order valence-corrected chi connectivity index (χ3v) is 1.99. The van der Waals surface area contributed by atoms with E-state index in [4.69, 9.17) is 64.8 Å². The van der Waals surface area contributed by atoms with Crippen molar-refractivity contribution in [3.8, 4) is 0 Å². The van der Waals surface area contributed by atoms with Crippen LogP contribution in [0.25, 0.3) is 0 Å². The van der Waals surface area contributed by atoms with Crippen LogP contribution in [-0.2, 0) is 19.2 Å². The Kier molecular flexibility index (Phi) is 30.5. The van der Waals surface area contributed by atoms with E-state index in [9.17, 15) is 0 Å². The van der Waals surface area contributed by atoms with Gasteiger partial charge in [-0.1, -0.05) is 40.9 Å². The normalized spacial score (nSPS) is 6.76. The van der Waals surface area contributed by atoms with E-state index in [0.29, 0.717) is 21.3 Å². The van der Waals surface area contributed by atoms with Gasteiger partial charge >= 0.3 is 31.2 Å². The molecule has 130 valence electrons. The van der Waals surface area contributed by atoms with Crippen molar-refractivity contribution >= 4 is 52.9 Å². The molecule has 2 rings (SSSR count). The zero-order chi connectivity index (χ0) is 19.4. The summed E-state index contributed by atoms with van der Waals surface area (Å²) in [6.07, 6.45) is 0.500. The SMILES string of the molecule is CO.Clc1cccc(Cl)n1.Nc1[c-]ccc(Cl)n1.O=C=O.O=C=O.[Li+]. The van der Waals surface area contributed by atoms with Crippen molar-refractivity contribution in [2.75, 3.05) is 12.8 Å². The third kappa shape index (κ3) is 27.4. The third-order valence-electron chi connectivity index (χ3n) is 1.36. The molecule has 0 unspecified atom stereocenters. The van der Waals surface area contributed by atoms with E-state index in [1.807, 2.05) is 0 Å². The van der Waals surface area contributed by atoms with Crippen molar-refractivity contribution < 1.29 is 43.1 Å². The van der Waals surface area contributed by atoms with Gasteiger partial charge in [0.05, 0.1) is 0 Å². The monoisotopic (exact) mass is 401 g/mol. The Morgan fingerprint density at radius 2 is 1.28 bits per heavy atom. The molecule has 0 aliphatic carbocycles. The number of hydrogen-bond donors (Lipinski definition) is 2. The molecule has 0 aromatic carbocycles. The Bertz CT molecular complexity index is 548. The fourth-order valence-electron chi connectivity index (χ4n) is 0.764. The first-order chi connectivity index (χ1) is 11.4. The van der Waals surface area contributed by atoms with Gasteiger partial charge in [-0.3, -0.25) is 4.98 Å². The van der Waals surface area contributed by atoms with E-state index in [1.165, 1.54) is 0 Å². The molecule has 8 nitrogen and oxygen atoms in total. The maximum Gasteiger partial charge on any atom is 1.00 e. The molecule has 0 saturated heterocycles. The molecule has 0 atom stereocenters. The summed E-state index contributed by atoms with van der Waals surface area (Å²) in [6.45, 7) is 0. The minimum Gasteiger partial charge on any atom is -0.400 e. The van der Waals surface area contributed by atoms with Crippen molar-refractivity contribution in [2.45, 2.75) is 0 Å². The van der Waals surface area contributed by atoms with Gasteiger partial charge in [-0.25, -0.2) is 17.1 Å².